The molecule has 0 saturated carbocycles. The first kappa shape index (κ1) is 19.7. The van der Waals surface area contributed by atoms with Crippen molar-refractivity contribution in [3.63, 3.8) is 0 Å². The van der Waals surface area contributed by atoms with E-state index in [1.54, 1.807) is 24.1 Å². The highest BCUT2D eigenvalue weighted by Crippen LogP contribution is 2.27. The number of amides is 2. The van der Waals surface area contributed by atoms with Crippen LogP contribution in [0, 0.1) is 5.82 Å². The van der Waals surface area contributed by atoms with Gasteiger partial charge in [-0.2, -0.15) is 5.11 Å². The summed E-state index contributed by atoms with van der Waals surface area (Å²) in [6.45, 7) is 2.52. The van der Waals surface area contributed by atoms with Crippen molar-refractivity contribution in [1.82, 2.24) is 15.5 Å². The molecule has 1 saturated heterocycles. The van der Waals surface area contributed by atoms with Gasteiger partial charge in [0.2, 0.25) is 0 Å². The number of hydrogen-bond acceptors (Lipinski definition) is 5. The number of nitrogens with zero attached hydrogens (tertiary/aromatic N) is 3. The molecule has 29 heavy (non-hydrogen) atoms. The fourth-order valence-corrected chi connectivity index (χ4v) is 4.29. The zero-order chi connectivity index (χ0) is 20.4. The molecule has 7 nitrogen and oxygen atoms in total. The highest BCUT2D eigenvalue weighted by Gasteiger charge is 2.30. The fraction of sp³-hybridized carbons (Fsp3) is 0.524. The number of piperidine rings is 1. The lowest BCUT2D eigenvalue weighted by atomic mass is 9.93. The lowest BCUT2D eigenvalue weighted by Crippen LogP contribution is -2.44. The summed E-state index contributed by atoms with van der Waals surface area (Å²) in [5.74, 6) is -1.09. The van der Waals surface area contributed by atoms with Crippen LogP contribution >= 0.6 is 0 Å². The predicted octanol–water partition coefficient (Wildman–Crippen LogP) is 2.19. The first-order chi connectivity index (χ1) is 14.0. The molecule has 8 heteroatoms. The number of halogens is 1. The van der Waals surface area contributed by atoms with Crippen LogP contribution in [0.1, 0.15) is 41.6 Å². The monoisotopic (exact) mass is 399 g/mol. The largest absolute Gasteiger partial charge is 0.386 e. The van der Waals surface area contributed by atoms with Crippen molar-refractivity contribution in [2.45, 2.75) is 44.2 Å². The van der Waals surface area contributed by atoms with E-state index in [1.165, 1.54) is 6.07 Å². The molecular weight excluding hydrogens is 373 g/mol. The second-order valence-corrected chi connectivity index (χ2v) is 7.87. The minimum absolute atomic E-state index is 0.0816. The minimum atomic E-state index is -0.518. The lowest BCUT2D eigenvalue weighted by Gasteiger charge is -2.32. The van der Waals surface area contributed by atoms with E-state index in [1.807, 2.05) is 0 Å². The fourth-order valence-electron chi connectivity index (χ4n) is 4.29. The van der Waals surface area contributed by atoms with Crippen LogP contribution in [0.2, 0.25) is 0 Å². The topological polar surface area (TPSA) is 86.2 Å². The van der Waals surface area contributed by atoms with E-state index in [0.717, 1.165) is 50.2 Å². The van der Waals surface area contributed by atoms with Gasteiger partial charge in [-0.05, 0) is 56.5 Å². The standard InChI is InChI=1S/C21H26FN5O2/c1-27(14-6-9-23-10-7-14)21(29)16-11-13(4-5-17(16)22)12-18-19-15(3-2-8-24-19)20(28)26-25-18/h4-5,11,14,18,23-24H,2-3,6-10,12H2,1H3. The SMILES string of the molecule is CN(C(=O)c1cc(CC2N=NC(=O)C3=C2NCCC3)ccc1F)C1CCNCC1. The van der Waals surface area contributed by atoms with Gasteiger partial charge in [0.1, 0.15) is 11.9 Å². The van der Waals surface area contributed by atoms with E-state index in [2.05, 4.69) is 20.9 Å². The van der Waals surface area contributed by atoms with E-state index >= 15 is 0 Å². The Balaban J connectivity index is 1.54. The van der Waals surface area contributed by atoms with Crippen molar-refractivity contribution in [3.8, 4) is 0 Å². The van der Waals surface area contributed by atoms with Crippen LogP contribution in [0.3, 0.4) is 0 Å². The molecule has 1 aromatic carbocycles. The van der Waals surface area contributed by atoms with Gasteiger partial charge in [0.25, 0.3) is 11.8 Å². The molecule has 3 aliphatic rings. The third-order valence-electron chi connectivity index (χ3n) is 5.99. The first-order valence-corrected chi connectivity index (χ1v) is 10.2. The minimum Gasteiger partial charge on any atom is -0.386 e. The third kappa shape index (κ3) is 4.07. The first-order valence-electron chi connectivity index (χ1n) is 10.2. The van der Waals surface area contributed by atoms with Gasteiger partial charge in [0.05, 0.1) is 5.56 Å². The van der Waals surface area contributed by atoms with Gasteiger partial charge < -0.3 is 15.5 Å². The van der Waals surface area contributed by atoms with E-state index in [9.17, 15) is 14.0 Å². The van der Waals surface area contributed by atoms with Crippen molar-refractivity contribution in [2.24, 2.45) is 10.2 Å². The quantitative estimate of drug-likeness (QED) is 0.813. The van der Waals surface area contributed by atoms with Crippen molar-refractivity contribution in [1.29, 1.82) is 0 Å². The Hall–Kier alpha value is -2.61. The molecule has 0 aliphatic carbocycles. The third-order valence-corrected chi connectivity index (χ3v) is 5.99. The van der Waals surface area contributed by atoms with Crippen LogP contribution < -0.4 is 10.6 Å². The van der Waals surface area contributed by atoms with Gasteiger partial charge in [-0.3, -0.25) is 9.59 Å². The maximum atomic E-state index is 14.5. The van der Waals surface area contributed by atoms with Crippen molar-refractivity contribution >= 4 is 11.8 Å². The second-order valence-electron chi connectivity index (χ2n) is 7.87. The van der Waals surface area contributed by atoms with Crippen LogP contribution in [0.5, 0.6) is 0 Å². The molecule has 3 aliphatic heterocycles. The van der Waals surface area contributed by atoms with E-state index in [4.69, 9.17) is 0 Å². The van der Waals surface area contributed by atoms with Crippen LogP contribution in [-0.4, -0.2) is 55.5 Å². The van der Waals surface area contributed by atoms with E-state index < -0.39 is 5.82 Å². The zero-order valence-corrected chi connectivity index (χ0v) is 16.6. The Kier molecular flexibility index (Phi) is 5.71. The molecule has 1 atom stereocenters. The molecule has 0 spiro atoms. The average molecular weight is 399 g/mol. The van der Waals surface area contributed by atoms with Gasteiger partial charge in [-0.1, -0.05) is 6.07 Å². The van der Waals surface area contributed by atoms with Gasteiger partial charge in [0, 0.05) is 37.3 Å². The summed E-state index contributed by atoms with van der Waals surface area (Å²) in [6.07, 6.45) is 3.78. The number of azo groups is 1. The van der Waals surface area contributed by atoms with Crippen LogP contribution in [0.4, 0.5) is 4.39 Å². The molecule has 4 rings (SSSR count). The van der Waals surface area contributed by atoms with E-state index in [0.29, 0.717) is 18.4 Å². The maximum absolute atomic E-state index is 14.5. The van der Waals surface area contributed by atoms with Crippen LogP contribution in [0.25, 0.3) is 0 Å². The van der Waals surface area contributed by atoms with Gasteiger partial charge in [-0.25, -0.2) is 4.39 Å². The summed E-state index contributed by atoms with van der Waals surface area (Å²) in [6, 6.07) is 4.44. The van der Waals surface area contributed by atoms with Crippen molar-refractivity contribution in [2.75, 3.05) is 26.7 Å². The Morgan fingerprint density at radius 1 is 1.28 bits per heavy atom. The number of nitrogens with one attached hydrogen (secondary N) is 2. The summed E-state index contributed by atoms with van der Waals surface area (Å²) >= 11 is 0. The lowest BCUT2D eigenvalue weighted by molar-refractivity contribution is -0.115. The highest BCUT2D eigenvalue weighted by molar-refractivity contribution is 5.96. The number of hydrogen-bond donors (Lipinski definition) is 2. The molecule has 154 valence electrons. The molecule has 0 aromatic heterocycles. The second kappa shape index (κ2) is 8.41. The number of rotatable bonds is 4. The molecule has 3 heterocycles. The average Bonchev–Trinajstić information content (AvgIpc) is 2.77. The number of benzene rings is 1. The predicted molar refractivity (Wildman–Crippen MR) is 106 cm³/mol. The Morgan fingerprint density at radius 2 is 2.07 bits per heavy atom. The summed E-state index contributed by atoms with van der Waals surface area (Å²) in [5, 5.41) is 14.5. The van der Waals surface area contributed by atoms with Gasteiger partial charge in [-0.15, -0.1) is 5.11 Å². The summed E-state index contributed by atoms with van der Waals surface area (Å²) in [4.78, 5) is 26.6. The van der Waals surface area contributed by atoms with Gasteiger partial charge >= 0.3 is 0 Å². The molecule has 1 aromatic rings. The molecule has 1 unspecified atom stereocenters. The maximum Gasteiger partial charge on any atom is 0.292 e. The van der Waals surface area contributed by atoms with Crippen LogP contribution in [0.15, 0.2) is 39.7 Å². The summed E-state index contributed by atoms with van der Waals surface area (Å²) < 4.78 is 14.5. The summed E-state index contributed by atoms with van der Waals surface area (Å²) in [5.41, 5.74) is 2.39. The molecule has 2 amide bonds. The normalized spacial score (nSPS) is 22.3. The smallest absolute Gasteiger partial charge is 0.292 e. The summed E-state index contributed by atoms with van der Waals surface area (Å²) in [7, 11) is 1.74. The molecule has 0 bridgehead atoms. The molecule has 2 N–H and O–H groups in total. The van der Waals surface area contributed by atoms with Crippen molar-refractivity contribution < 1.29 is 14.0 Å². The van der Waals surface area contributed by atoms with Gasteiger partial charge in [0.15, 0.2) is 0 Å². The molecular formula is C21H26FN5O2. The highest BCUT2D eigenvalue weighted by atomic mass is 19.1. The number of carbonyl (C=O) groups excluding carboxylic acids is 2. The Morgan fingerprint density at radius 3 is 2.86 bits per heavy atom. The zero-order valence-electron chi connectivity index (χ0n) is 16.6. The Labute approximate surface area is 169 Å². The Bertz CT molecular complexity index is 876. The molecule has 1 fully saturated rings. The van der Waals surface area contributed by atoms with Crippen LogP contribution in [-0.2, 0) is 11.2 Å². The van der Waals surface area contributed by atoms with E-state index in [-0.39, 0.29) is 29.5 Å². The molecule has 0 radical (unpaired) electrons. The van der Waals surface area contributed by atoms with Crippen molar-refractivity contribution in [3.05, 3.63) is 46.4 Å². The number of carbonyl (C=O) groups is 2.